The van der Waals surface area contributed by atoms with Crippen LogP contribution in [0.1, 0.15) is 28.4 Å². The molecule has 9 nitrogen and oxygen atoms in total. The lowest BCUT2D eigenvalue weighted by molar-refractivity contribution is -0.0723. The number of ether oxygens (including phenoxy) is 1. The van der Waals surface area contributed by atoms with Crippen molar-refractivity contribution < 1.29 is 9.53 Å². The highest BCUT2D eigenvalue weighted by molar-refractivity contribution is 5.94. The summed E-state index contributed by atoms with van der Waals surface area (Å²) in [5.41, 5.74) is 1.59. The summed E-state index contributed by atoms with van der Waals surface area (Å²) in [6.07, 6.45) is 8.13. The van der Waals surface area contributed by atoms with Gasteiger partial charge in [0.2, 0.25) is 0 Å². The molecule has 2 aliphatic heterocycles. The van der Waals surface area contributed by atoms with Gasteiger partial charge in [-0.3, -0.25) is 19.5 Å². The van der Waals surface area contributed by atoms with Crippen molar-refractivity contribution in [2.24, 2.45) is 7.05 Å². The summed E-state index contributed by atoms with van der Waals surface area (Å²) < 4.78 is 7.99. The standard InChI is InChI=1S/C19H29N7O2/c1-23-4-3-5-25(7-6-23)14-17-18(16-12-22-24(2)13-16)26(8-9-28-17)19(27)15-10-20-21-11-15/h10-13,17-18H,3-9,14H2,1-2H3,(H,20,21)/t17-,18-/m0/s1. The van der Waals surface area contributed by atoms with Gasteiger partial charge < -0.3 is 14.5 Å². The van der Waals surface area contributed by atoms with Crippen LogP contribution in [0, 0.1) is 0 Å². The van der Waals surface area contributed by atoms with Crippen molar-refractivity contribution in [2.45, 2.75) is 18.6 Å². The number of likely N-dealkylation sites (N-methyl/N-ethyl adjacent to an activating group) is 1. The first-order valence-corrected chi connectivity index (χ1v) is 9.92. The second kappa shape index (κ2) is 8.42. The van der Waals surface area contributed by atoms with Gasteiger partial charge in [-0.05, 0) is 26.6 Å². The number of nitrogens with zero attached hydrogens (tertiary/aromatic N) is 6. The first-order chi connectivity index (χ1) is 13.6. The number of hydrogen-bond acceptors (Lipinski definition) is 6. The highest BCUT2D eigenvalue weighted by Gasteiger charge is 2.38. The minimum absolute atomic E-state index is 0.0218. The summed E-state index contributed by atoms with van der Waals surface area (Å²) in [4.78, 5) is 19.9. The molecule has 4 heterocycles. The molecule has 1 amide bonds. The molecule has 0 saturated carbocycles. The van der Waals surface area contributed by atoms with Gasteiger partial charge in [-0.2, -0.15) is 10.2 Å². The number of carbonyl (C=O) groups excluding carboxylic acids is 1. The summed E-state index contributed by atoms with van der Waals surface area (Å²) in [6, 6.07) is -0.161. The second-order valence-electron chi connectivity index (χ2n) is 7.74. The van der Waals surface area contributed by atoms with E-state index in [1.165, 1.54) is 0 Å². The molecule has 2 aliphatic rings. The number of aromatic nitrogens is 4. The summed E-state index contributed by atoms with van der Waals surface area (Å²) >= 11 is 0. The molecular weight excluding hydrogens is 358 g/mol. The molecule has 9 heteroatoms. The van der Waals surface area contributed by atoms with Crippen LogP contribution in [0.25, 0.3) is 0 Å². The molecule has 0 aromatic carbocycles. The van der Waals surface area contributed by atoms with Gasteiger partial charge in [0.05, 0.1) is 36.7 Å². The van der Waals surface area contributed by atoms with Gasteiger partial charge >= 0.3 is 0 Å². The van der Waals surface area contributed by atoms with E-state index in [9.17, 15) is 4.79 Å². The molecule has 0 unspecified atom stereocenters. The van der Waals surface area contributed by atoms with Crippen LogP contribution in [-0.2, 0) is 11.8 Å². The topological polar surface area (TPSA) is 82.5 Å². The lowest BCUT2D eigenvalue weighted by Gasteiger charge is -2.42. The molecule has 152 valence electrons. The maximum Gasteiger partial charge on any atom is 0.257 e. The molecule has 28 heavy (non-hydrogen) atoms. The quantitative estimate of drug-likeness (QED) is 0.816. The van der Waals surface area contributed by atoms with Crippen molar-refractivity contribution in [1.29, 1.82) is 0 Å². The molecule has 2 aromatic heterocycles. The zero-order valence-corrected chi connectivity index (χ0v) is 16.6. The molecule has 2 aromatic rings. The maximum atomic E-state index is 13.2. The van der Waals surface area contributed by atoms with E-state index < -0.39 is 0 Å². The number of rotatable bonds is 4. The van der Waals surface area contributed by atoms with Crippen LogP contribution < -0.4 is 0 Å². The van der Waals surface area contributed by atoms with E-state index in [2.05, 4.69) is 32.1 Å². The zero-order chi connectivity index (χ0) is 19.5. The number of aromatic amines is 1. The Kier molecular flexibility index (Phi) is 5.74. The predicted octanol–water partition coefficient (Wildman–Crippen LogP) is 0.363. The third-order valence-electron chi connectivity index (χ3n) is 5.67. The van der Waals surface area contributed by atoms with E-state index in [1.54, 1.807) is 17.1 Å². The molecule has 2 atom stereocenters. The number of carbonyl (C=O) groups is 1. The average molecular weight is 387 g/mol. The highest BCUT2D eigenvalue weighted by Crippen LogP contribution is 2.31. The summed E-state index contributed by atoms with van der Waals surface area (Å²) in [5.74, 6) is -0.0218. The van der Waals surface area contributed by atoms with Gasteiger partial charge in [0.15, 0.2) is 0 Å². The minimum atomic E-state index is -0.161. The minimum Gasteiger partial charge on any atom is -0.373 e. The first-order valence-electron chi connectivity index (χ1n) is 9.92. The third-order valence-corrected chi connectivity index (χ3v) is 5.67. The monoisotopic (exact) mass is 387 g/mol. The summed E-state index contributed by atoms with van der Waals surface area (Å²) in [5, 5.41) is 11.0. The van der Waals surface area contributed by atoms with Gasteiger partial charge in [-0.1, -0.05) is 0 Å². The molecule has 2 saturated heterocycles. The Bertz CT molecular complexity index is 775. The normalized spacial score (nSPS) is 25.0. The smallest absolute Gasteiger partial charge is 0.257 e. The van der Waals surface area contributed by atoms with Crippen LogP contribution in [0.2, 0.25) is 0 Å². The fourth-order valence-electron chi connectivity index (χ4n) is 4.17. The Morgan fingerprint density at radius 1 is 1.21 bits per heavy atom. The lowest BCUT2D eigenvalue weighted by Crippen LogP contribution is -2.52. The predicted molar refractivity (Wildman–Crippen MR) is 104 cm³/mol. The Balaban J connectivity index is 1.57. The fourth-order valence-corrected chi connectivity index (χ4v) is 4.17. The van der Waals surface area contributed by atoms with Crippen LogP contribution in [0.5, 0.6) is 0 Å². The molecular formula is C19H29N7O2. The van der Waals surface area contributed by atoms with Crippen molar-refractivity contribution in [2.75, 3.05) is 52.9 Å². The van der Waals surface area contributed by atoms with E-state index in [0.29, 0.717) is 18.7 Å². The van der Waals surface area contributed by atoms with Crippen LogP contribution in [0.3, 0.4) is 0 Å². The van der Waals surface area contributed by atoms with Crippen molar-refractivity contribution in [3.63, 3.8) is 0 Å². The van der Waals surface area contributed by atoms with Crippen LogP contribution in [0.15, 0.2) is 24.8 Å². The molecule has 4 rings (SSSR count). The zero-order valence-electron chi connectivity index (χ0n) is 16.6. The summed E-state index contributed by atoms with van der Waals surface area (Å²) in [7, 11) is 4.07. The maximum absolute atomic E-state index is 13.2. The number of H-pyrrole nitrogens is 1. The fraction of sp³-hybridized carbons (Fsp3) is 0.632. The van der Waals surface area contributed by atoms with Crippen molar-refractivity contribution >= 4 is 5.91 Å². The van der Waals surface area contributed by atoms with Crippen molar-refractivity contribution in [3.8, 4) is 0 Å². The van der Waals surface area contributed by atoms with E-state index in [0.717, 1.165) is 44.7 Å². The van der Waals surface area contributed by atoms with Gasteiger partial charge in [0.1, 0.15) is 0 Å². The number of amides is 1. The average Bonchev–Trinajstić information content (AvgIpc) is 3.33. The largest absolute Gasteiger partial charge is 0.373 e. The van der Waals surface area contributed by atoms with Gasteiger partial charge in [-0.25, -0.2) is 0 Å². The highest BCUT2D eigenvalue weighted by atomic mass is 16.5. The molecule has 0 bridgehead atoms. The molecule has 2 fully saturated rings. The Labute approximate surface area is 165 Å². The number of aryl methyl sites for hydroxylation is 1. The Hall–Kier alpha value is -2.23. The van der Waals surface area contributed by atoms with E-state index in [4.69, 9.17) is 4.74 Å². The molecule has 1 N–H and O–H groups in total. The van der Waals surface area contributed by atoms with E-state index in [-0.39, 0.29) is 18.1 Å². The number of hydrogen-bond donors (Lipinski definition) is 1. The third kappa shape index (κ3) is 4.11. The van der Waals surface area contributed by atoms with E-state index in [1.807, 2.05) is 24.3 Å². The van der Waals surface area contributed by atoms with E-state index >= 15 is 0 Å². The van der Waals surface area contributed by atoms with Crippen LogP contribution in [0.4, 0.5) is 0 Å². The number of morpholine rings is 1. The Morgan fingerprint density at radius 3 is 2.86 bits per heavy atom. The lowest BCUT2D eigenvalue weighted by atomic mass is 9.99. The SMILES string of the molecule is CN1CCCN(C[C@@H]2OCCN(C(=O)c3cn[nH]c3)[C@H]2c2cnn(C)c2)CC1. The van der Waals surface area contributed by atoms with Gasteiger partial charge in [-0.15, -0.1) is 0 Å². The molecule has 0 aliphatic carbocycles. The van der Waals surface area contributed by atoms with Crippen LogP contribution in [-0.4, -0.2) is 99.6 Å². The van der Waals surface area contributed by atoms with Gasteiger partial charge in [0, 0.05) is 51.2 Å². The van der Waals surface area contributed by atoms with Crippen molar-refractivity contribution in [1.82, 2.24) is 34.7 Å². The number of nitrogens with one attached hydrogen (secondary N) is 1. The first kappa shape index (κ1) is 19.1. The van der Waals surface area contributed by atoms with Crippen LogP contribution >= 0.6 is 0 Å². The molecule has 0 spiro atoms. The second-order valence-corrected chi connectivity index (χ2v) is 7.74. The van der Waals surface area contributed by atoms with Gasteiger partial charge in [0.25, 0.3) is 5.91 Å². The Morgan fingerprint density at radius 2 is 2.11 bits per heavy atom. The van der Waals surface area contributed by atoms with Crippen molar-refractivity contribution in [3.05, 3.63) is 35.9 Å². The molecule has 0 radical (unpaired) electrons. The summed E-state index contributed by atoms with van der Waals surface area (Å²) in [6.45, 7) is 6.16.